The number of hydrogen-bond donors (Lipinski definition) is 3. The van der Waals surface area contributed by atoms with E-state index in [1.807, 2.05) is 30.5 Å². The molecule has 0 bridgehead atoms. The minimum absolute atomic E-state index is 0.00540. The van der Waals surface area contributed by atoms with Gasteiger partial charge in [0.1, 0.15) is 18.1 Å². The Balaban J connectivity index is 1.98. The fourth-order valence-corrected chi connectivity index (χ4v) is 4.80. The molecule has 2 aromatic carbocycles. The summed E-state index contributed by atoms with van der Waals surface area (Å²) in [5.74, 6) is -0.545. The predicted octanol–water partition coefficient (Wildman–Crippen LogP) is 3.74. The highest BCUT2D eigenvalue weighted by Crippen LogP contribution is 2.44. The monoisotopic (exact) mass is 464 g/mol. The molecule has 0 amide bonds. The molecular formula is C20H24N4O3S3. The summed E-state index contributed by atoms with van der Waals surface area (Å²) in [6.45, 7) is 1.75. The van der Waals surface area contributed by atoms with Crippen LogP contribution in [0, 0.1) is 0 Å². The van der Waals surface area contributed by atoms with Gasteiger partial charge < -0.3 is 20.5 Å². The highest BCUT2D eigenvalue weighted by Gasteiger charge is 2.23. The van der Waals surface area contributed by atoms with Crippen LogP contribution in [0.5, 0.6) is 5.75 Å². The second-order valence-corrected chi connectivity index (χ2v) is 9.27. The van der Waals surface area contributed by atoms with Crippen molar-refractivity contribution < 1.29 is 14.6 Å². The van der Waals surface area contributed by atoms with Gasteiger partial charge in [-0.2, -0.15) is 0 Å². The molecule has 0 saturated heterocycles. The van der Waals surface area contributed by atoms with Gasteiger partial charge in [-0.1, -0.05) is 18.2 Å². The number of carboxylic acid groups (broad SMARTS) is 1. The summed E-state index contributed by atoms with van der Waals surface area (Å²) in [5, 5.41) is 14.7. The molecule has 2 aromatic rings. The summed E-state index contributed by atoms with van der Waals surface area (Å²) in [5.41, 5.74) is 7.56. The van der Waals surface area contributed by atoms with Crippen LogP contribution < -0.4 is 20.5 Å². The molecule has 0 radical (unpaired) electrons. The Morgan fingerprint density at radius 3 is 2.63 bits per heavy atom. The summed E-state index contributed by atoms with van der Waals surface area (Å²) in [6, 6.07) is 14.4. The molecule has 7 nitrogen and oxygen atoms in total. The number of rotatable bonds is 7. The first-order valence-electron chi connectivity index (χ1n) is 9.09. The second kappa shape index (κ2) is 10.4. The number of benzene rings is 2. The Morgan fingerprint density at radius 2 is 2.00 bits per heavy atom. The van der Waals surface area contributed by atoms with Crippen molar-refractivity contribution in [1.29, 1.82) is 0 Å². The Bertz CT molecular complexity index is 940. The topological polar surface area (TPSA) is 105 Å². The highest BCUT2D eigenvalue weighted by atomic mass is 32.2. The third kappa shape index (κ3) is 5.19. The van der Waals surface area contributed by atoms with E-state index < -0.39 is 5.97 Å². The summed E-state index contributed by atoms with van der Waals surface area (Å²) < 4.78 is 8.15. The Kier molecular flexibility index (Phi) is 7.84. The maximum atomic E-state index is 11.1. The summed E-state index contributed by atoms with van der Waals surface area (Å²) in [7, 11) is 2.06. The van der Waals surface area contributed by atoms with Crippen molar-refractivity contribution in [2.75, 3.05) is 37.9 Å². The average Bonchev–Trinajstić information content (AvgIpc) is 2.91. The largest absolute Gasteiger partial charge is 0.487 e. The van der Waals surface area contributed by atoms with E-state index in [0.29, 0.717) is 5.75 Å². The van der Waals surface area contributed by atoms with E-state index >= 15 is 0 Å². The van der Waals surface area contributed by atoms with Crippen molar-refractivity contribution in [2.45, 2.75) is 9.79 Å². The summed E-state index contributed by atoms with van der Waals surface area (Å²) in [6.07, 6.45) is 1.98. The lowest BCUT2D eigenvalue weighted by Crippen LogP contribution is -2.24. The molecule has 0 spiro atoms. The lowest BCUT2D eigenvalue weighted by atomic mass is 10.2. The molecule has 0 saturated carbocycles. The van der Waals surface area contributed by atoms with E-state index in [1.165, 1.54) is 0 Å². The van der Waals surface area contributed by atoms with Crippen LogP contribution >= 0.6 is 35.7 Å². The number of hydrogen-bond acceptors (Lipinski definition) is 9. The molecule has 1 aliphatic heterocycles. The van der Waals surface area contributed by atoms with E-state index in [2.05, 4.69) is 34.5 Å². The number of nitrogens with two attached hydrogens (primary N) is 2. The number of carboxylic acids is 1. The Morgan fingerprint density at radius 1 is 1.27 bits per heavy atom. The number of aliphatic carboxylic acids is 1. The standard InChI is InChI=1S/C20H24N4O3S3/c1-23-8-9-24(13-6-4-3-5-7-13)14-10-17(28-2)15(11-16(14)30-23)27-12-18(29-22)19(21)20(25)26/h3-7,10-11H,8-9,12,21-22H2,1-2H3,(H,25,26)/b19-18-. The van der Waals surface area contributed by atoms with Gasteiger partial charge in [0.2, 0.25) is 0 Å². The quantitative estimate of drug-likeness (QED) is 0.319. The van der Waals surface area contributed by atoms with Crippen LogP contribution in [-0.2, 0) is 4.79 Å². The van der Waals surface area contributed by atoms with Gasteiger partial charge in [0.25, 0.3) is 0 Å². The van der Waals surface area contributed by atoms with E-state index in [0.717, 1.165) is 46.2 Å². The van der Waals surface area contributed by atoms with Crippen LogP contribution in [0.3, 0.4) is 0 Å². The predicted molar refractivity (Wildman–Crippen MR) is 126 cm³/mol. The lowest BCUT2D eigenvalue weighted by molar-refractivity contribution is -0.132. The van der Waals surface area contributed by atoms with Gasteiger partial charge in [-0.25, -0.2) is 9.10 Å². The lowest BCUT2D eigenvalue weighted by Gasteiger charge is -2.25. The molecule has 160 valence electrons. The zero-order valence-electron chi connectivity index (χ0n) is 16.7. The molecule has 0 fully saturated rings. The molecule has 5 N–H and O–H groups in total. The number of carbonyl (C=O) groups is 1. The van der Waals surface area contributed by atoms with Crippen LogP contribution in [0.1, 0.15) is 0 Å². The first kappa shape index (κ1) is 22.7. The first-order chi connectivity index (χ1) is 14.4. The summed E-state index contributed by atoms with van der Waals surface area (Å²) >= 11 is 4.02. The van der Waals surface area contributed by atoms with Gasteiger partial charge in [-0.3, -0.25) is 5.14 Å². The van der Waals surface area contributed by atoms with E-state index in [-0.39, 0.29) is 17.2 Å². The minimum Gasteiger partial charge on any atom is -0.487 e. The minimum atomic E-state index is -1.21. The normalized spacial score (nSPS) is 15.2. The molecule has 0 atom stereocenters. The molecule has 0 aliphatic carbocycles. The summed E-state index contributed by atoms with van der Waals surface area (Å²) in [4.78, 5) is 15.7. The van der Waals surface area contributed by atoms with Crippen LogP contribution in [0.25, 0.3) is 0 Å². The molecule has 0 aromatic heterocycles. The van der Waals surface area contributed by atoms with Crippen molar-refractivity contribution in [3.05, 3.63) is 53.1 Å². The Hall–Kier alpha value is -1.98. The van der Waals surface area contributed by atoms with Crippen molar-refractivity contribution in [3.8, 4) is 5.75 Å². The number of fused-ring (bicyclic) bond motifs is 1. The van der Waals surface area contributed by atoms with Gasteiger partial charge in [0.15, 0.2) is 0 Å². The third-order valence-corrected chi connectivity index (χ3v) is 6.93. The van der Waals surface area contributed by atoms with Gasteiger partial charge in [0, 0.05) is 18.8 Å². The van der Waals surface area contributed by atoms with Crippen molar-refractivity contribution in [2.24, 2.45) is 10.9 Å². The molecule has 10 heteroatoms. The average molecular weight is 465 g/mol. The van der Waals surface area contributed by atoms with Crippen molar-refractivity contribution in [3.63, 3.8) is 0 Å². The van der Waals surface area contributed by atoms with E-state index in [9.17, 15) is 4.79 Å². The van der Waals surface area contributed by atoms with Crippen molar-refractivity contribution in [1.82, 2.24) is 4.31 Å². The molecule has 3 rings (SSSR count). The fraction of sp³-hybridized carbons (Fsp3) is 0.250. The van der Waals surface area contributed by atoms with Crippen LogP contribution in [0.4, 0.5) is 11.4 Å². The number of likely N-dealkylation sites (N-methyl/N-ethyl adjacent to an activating group) is 1. The van der Waals surface area contributed by atoms with E-state index in [4.69, 9.17) is 20.7 Å². The number of anilines is 2. The number of nitrogens with zero attached hydrogens (tertiary/aromatic N) is 2. The Labute approximate surface area is 189 Å². The van der Waals surface area contributed by atoms with Crippen molar-refractivity contribution >= 4 is 53.0 Å². The van der Waals surface area contributed by atoms with Gasteiger partial charge in [0.05, 0.1) is 20.4 Å². The second-order valence-electron chi connectivity index (χ2n) is 6.45. The number of para-hydroxylation sites is 1. The fourth-order valence-electron chi connectivity index (χ4n) is 2.98. The molecule has 1 aliphatic rings. The molecule has 0 unspecified atom stereocenters. The smallest absolute Gasteiger partial charge is 0.352 e. The highest BCUT2D eigenvalue weighted by molar-refractivity contribution is 8.01. The SMILES string of the molecule is CSc1cc2c(cc1OC/C(SN)=C(/N)C(=O)O)SN(C)CCN2c1ccccc1. The van der Waals surface area contributed by atoms with Crippen LogP contribution in [0.15, 0.2) is 62.9 Å². The molecule has 30 heavy (non-hydrogen) atoms. The zero-order valence-corrected chi connectivity index (χ0v) is 19.1. The third-order valence-electron chi connectivity index (χ3n) is 4.53. The van der Waals surface area contributed by atoms with Gasteiger partial charge in [-0.15, -0.1) is 11.8 Å². The first-order valence-corrected chi connectivity index (χ1v) is 12.0. The molecular weight excluding hydrogens is 440 g/mol. The van der Waals surface area contributed by atoms with Crippen LogP contribution in [0.2, 0.25) is 0 Å². The molecule has 1 heterocycles. The van der Waals surface area contributed by atoms with Gasteiger partial charge >= 0.3 is 5.97 Å². The van der Waals surface area contributed by atoms with Crippen LogP contribution in [-0.4, -0.2) is 48.4 Å². The number of thioether (sulfide) groups is 1. The maximum absolute atomic E-state index is 11.1. The number of ether oxygens (including phenoxy) is 1. The maximum Gasteiger partial charge on any atom is 0.352 e. The van der Waals surface area contributed by atoms with E-state index in [1.54, 1.807) is 23.7 Å². The van der Waals surface area contributed by atoms with Gasteiger partial charge in [-0.05, 0) is 61.5 Å². The zero-order chi connectivity index (χ0) is 21.7.